The Hall–Kier alpha value is -0.990. The summed E-state index contributed by atoms with van der Waals surface area (Å²) >= 11 is 0. The van der Waals surface area contributed by atoms with Gasteiger partial charge in [-0.05, 0) is 38.0 Å². The van der Waals surface area contributed by atoms with Crippen LogP contribution in [0.15, 0.2) is 12.2 Å². The second-order valence-electron chi connectivity index (χ2n) is 5.59. The monoisotopic (exact) mass is 250 g/mol. The summed E-state index contributed by atoms with van der Waals surface area (Å²) < 4.78 is 0. The molecule has 1 N–H and O–H groups in total. The number of carbonyl (C=O) groups excluding carboxylic acids is 1. The number of hydrogen-bond acceptors (Lipinski definition) is 1. The third-order valence-electron chi connectivity index (χ3n) is 4.06. The fraction of sp³-hybridized carbons (Fsp3) is 0.800. The number of nitrogens with one attached hydrogen (secondary N) is 1. The fourth-order valence-corrected chi connectivity index (χ4v) is 2.84. The van der Waals surface area contributed by atoms with Crippen LogP contribution in [0.1, 0.15) is 51.4 Å². The first kappa shape index (κ1) is 13.4. The third-order valence-corrected chi connectivity index (χ3v) is 4.06. The Morgan fingerprint density at radius 1 is 1.11 bits per heavy atom. The molecule has 1 fully saturated rings. The summed E-state index contributed by atoms with van der Waals surface area (Å²) in [5.74, 6) is 0.647. The van der Waals surface area contributed by atoms with Crippen molar-refractivity contribution in [1.29, 1.82) is 0 Å². The van der Waals surface area contributed by atoms with Crippen LogP contribution in [0.2, 0.25) is 0 Å². The van der Waals surface area contributed by atoms with Crippen molar-refractivity contribution in [2.45, 2.75) is 51.4 Å². The second-order valence-corrected chi connectivity index (χ2v) is 5.59. The maximum Gasteiger partial charge on any atom is 0.317 e. The lowest BCUT2D eigenvalue weighted by Crippen LogP contribution is -2.43. The standard InChI is InChI=1S/C15H26N2O/c18-15(16-13-14-9-5-4-6-10-14)17-11-7-2-1-3-8-12-17/h4-5,14H,1-3,6-13H2,(H,16,18). The van der Waals surface area contributed by atoms with Crippen LogP contribution >= 0.6 is 0 Å². The molecule has 3 nitrogen and oxygen atoms in total. The molecule has 102 valence electrons. The van der Waals surface area contributed by atoms with Crippen LogP contribution in [0.5, 0.6) is 0 Å². The molecule has 1 aliphatic heterocycles. The molecule has 3 heteroatoms. The minimum atomic E-state index is 0.159. The lowest BCUT2D eigenvalue weighted by Gasteiger charge is -2.26. The normalized spacial score (nSPS) is 25.3. The highest BCUT2D eigenvalue weighted by atomic mass is 16.2. The maximum atomic E-state index is 12.1. The minimum Gasteiger partial charge on any atom is -0.338 e. The number of amides is 2. The number of allylic oxidation sites excluding steroid dienone is 2. The largest absolute Gasteiger partial charge is 0.338 e. The maximum absolute atomic E-state index is 12.1. The number of nitrogens with zero attached hydrogens (tertiary/aromatic N) is 1. The molecule has 2 rings (SSSR count). The molecule has 2 amide bonds. The highest BCUT2D eigenvalue weighted by Gasteiger charge is 2.16. The van der Waals surface area contributed by atoms with Crippen LogP contribution in [0.25, 0.3) is 0 Å². The zero-order valence-corrected chi connectivity index (χ0v) is 11.4. The molecule has 1 aliphatic carbocycles. The van der Waals surface area contributed by atoms with Gasteiger partial charge < -0.3 is 10.2 Å². The summed E-state index contributed by atoms with van der Waals surface area (Å²) in [5.41, 5.74) is 0. The smallest absolute Gasteiger partial charge is 0.317 e. The van der Waals surface area contributed by atoms with Gasteiger partial charge in [0.25, 0.3) is 0 Å². The summed E-state index contributed by atoms with van der Waals surface area (Å²) in [6.07, 6.45) is 14.2. The highest BCUT2D eigenvalue weighted by Crippen LogP contribution is 2.17. The summed E-state index contributed by atoms with van der Waals surface area (Å²) in [5, 5.41) is 3.12. The van der Waals surface area contributed by atoms with Crippen molar-refractivity contribution in [3.8, 4) is 0 Å². The predicted molar refractivity (Wildman–Crippen MR) is 74.5 cm³/mol. The highest BCUT2D eigenvalue weighted by molar-refractivity contribution is 5.74. The van der Waals surface area contributed by atoms with Gasteiger partial charge in [0, 0.05) is 19.6 Å². The number of urea groups is 1. The van der Waals surface area contributed by atoms with Crippen molar-refractivity contribution >= 4 is 6.03 Å². The van der Waals surface area contributed by atoms with Gasteiger partial charge in [-0.1, -0.05) is 31.4 Å². The molecular weight excluding hydrogens is 224 g/mol. The summed E-state index contributed by atoms with van der Waals surface area (Å²) in [4.78, 5) is 14.1. The Labute approximate surface area is 111 Å². The summed E-state index contributed by atoms with van der Waals surface area (Å²) in [6, 6.07) is 0.159. The van der Waals surface area contributed by atoms with E-state index in [1.165, 1.54) is 44.9 Å². The van der Waals surface area contributed by atoms with Crippen molar-refractivity contribution < 1.29 is 4.79 Å². The topological polar surface area (TPSA) is 32.3 Å². The van der Waals surface area contributed by atoms with E-state index >= 15 is 0 Å². The summed E-state index contributed by atoms with van der Waals surface area (Å²) in [6.45, 7) is 2.73. The van der Waals surface area contributed by atoms with Gasteiger partial charge in [-0.25, -0.2) is 4.79 Å². The SMILES string of the molecule is O=C(NCC1CC=CCC1)N1CCCCCCC1. The van der Waals surface area contributed by atoms with E-state index in [4.69, 9.17) is 0 Å². The van der Waals surface area contributed by atoms with Crippen molar-refractivity contribution in [3.05, 3.63) is 12.2 Å². The van der Waals surface area contributed by atoms with Crippen LogP contribution in [0, 0.1) is 5.92 Å². The van der Waals surface area contributed by atoms with Crippen LogP contribution in [0.4, 0.5) is 4.79 Å². The summed E-state index contributed by atoms with van der Waals surface area (Å²) in [7, 11) is 0. The first-order valence-electron chi connectivity index (χ1n) is 7.54. The number of likely N-dealkylation sites (tertiary alicyclic amines) is 1. The van der Waals surface area contributed by atoms with Crippen molar-refractivity contribution in [3.63, 3.8) is 0 Å². The van der Waals surface area contributed by atoms with Crippen molar-refractivity contribution in [1.82, 2.24) is 10.2 Å². The lowest BCUT2D eigenvalue weighted by molar-refractivity contribution is 0.190. The van der Waals surface area contributed by atoms with Crippen LogP contribution in [0.3, 0.4) is 0 Å². The molecular formula is C15H26N2O. The van der Waals surface area contributed by atoms with Gasteiger partial charge in [-0.3, -0.25) is 0 Å². The molecule has 1 heterocycles. The van der Waals surface area contributed by atoms with E-state index in [0.717, 1.165) is 26.1 Å². The van der Waals surface area contributed by atoms with Crippen molar-refractivity contribution in [2.24, 2.45) is 5.92 Å². The molecule has 2 aliphatic rings. The van der Waals surface area contributed by atoms with Gasteiger partial charge in [-0.2, -0.15) is 0 Å². The Balaban J connectivity index is 1.70. The Kier molecular flexibility index (Phi) is 5.56. The number of rotatable bonds is 2. The molecule has 1 saturated heterocycles. The van der Waals surface area contributed by atoms with E-state index in [0.29, 0.717) is 5.92 Å². The van der Waals surface area contributed by atoms with Gasteiger partial charge >= 0.3 is 6.03 Å². The molecule has 0 aromatic carbocycles. The predicted octanol–water partition coefficient (Wildman–Crippen LogP) is 3.32. The van der Waals surface area contributed by atoms with E-state index in [1.807, 2.05) is 4.90 Å². The van der Waals surface area contributed by atoms with Crippen LogP contribution in [-0.4, -0.2) is 30.6 Å². The van der Waals surface area contributed by atoms with Crippen molar-refractivity contribution in [2.75, 3.05) is 19.6 Å². The zero-order valence-electron chi connectivity index (χ0n) is 11.4. The molecule has 1 atom stereocenters. The van der Waals surface area contributed by atoms with E-state index in [-0.39, 0.29) is 6.03 Å². The Morgan fingerprint density at radius 3 is 2.50 bits per heavy atom. The van der Waals surface area contributed by atoms with E-state index in [2.05, 4.69) is 17.5 Å². The molecule has 0 aromatic heterocycles. The van der Waals surface area contributed by atoms with E-state index in [9.17, 15) is 4.79 Å². The van der Waals surface area contributed by atoms with Gasteiger partial charge in [-0.15, -0.1) is 0 Å². The molecule has 0 spiro atoms. The van der Waals surface area contributed by atoms with E-state index < -0.39 is 0 Å². The Bertz CT molecular complexity index is 280. The molecule has 1 unspecified atom stereocenters. The van der Waals surface area contributed by atoms with Gasteiger partial charge in [0.05, 0.1) is 0 Å². The average Bonchev–Trinajstić information content (AvgIpc) is 2.37. The molecule has 0 aromatic rings. The Morgan fingerprint density at radius 2 is 1.83 bits per heavy atom. The number of carbonyl (C=O) groups is 1. The minimum absolute atomic E-state index is 0.159. The first-order valence-corrected chi connectivity index (χ1v) is 7.54. The molecule has 18 heavy (non-hydrogen) atoms. The fourth-order valence-electron chi connectivity index (χ4n) is 2.84. The second kappa shape index (κ2) is 7.45. The lowest BCUT2D eigenvalue weighted by atomic mass is 9.94. The van der Waals surface area contributed by atoms with Crippen LogP contribution in [-0.2, 0) is 0 Å². The molecule has 0 radical (unpaired) electrons. The van der Waals surface area contributed by atoms with Gasteiger partial charge in [0.2, 0.25) is 0 Å². The third kappa shape index (κ3) is 4.35. The zero-order chi connectivity index (χ0) is 12.6. The molecule has 0 saturated carbocycles. The number of hydrogen-bond donors (Lipinski definition) is 1. The van der Waals surface area contributed by atoms with E-state index in [1.54, 1.807) is 0 Å². The van der Waals surface area contributed by atoms with Gasteiger partial charge in [0.1, 0.15) is 0 Å². The molecule has 0 bridgehead atoms. The van der Waals surface area contributed by atoms with Gasteiger partial charge in [0.15, 0.2) is 0 Å². The first-order chi connectivity index (χ1) is 8.86. The quantitative estimate of drug-likeness (QED) is 0.749. The average molecular weight is 250 g/mol. The van der Waals surface area contributed by atoms with Crippen LogP contribution < -0.4 is 5.32 Å².